The van der Waals surface area contributed by atoms with Crippen molar-refractivity contribution in [3.63, 3.8) is 0 Å². The van der Waals surface area contributed by atoms with E-state index in [2.05, 4.69) is 11.9 Å². The molecule has 5 nitrogen and oxygen atoms in total. The maximum Gasteiger partial charge on any atom is 0.500 e. The fraction of sp³-hybridized carbons (Fsp3) is 0.938. The van der Waals surface area contributed by atoms with Gasteiger partial charge in [-0.25, -0.2) is 0 Å². The summed E-state index contributed by atoms with van der Waals surface area (Å²) < 4.78 is 17.6. The van der Waals surface area contributed by atoms with Gasteiger partial charge >= 0.3 is 8.80 Å². The summed E-state index contributed by atoms with van der Waals surface area (Å²) in [6.07, 6.45) is 4.66. The second-order valence-corrected chi connectivity index (χ2v) is 8.46. The SMILES string of the molecule is CCO[Si](CCCN=C1CCCCN(C)C1)(OCC)OCC. The molecule has 0 N–H and O–H groups in total. The van der Waals surface area contributed by atoms with Gasteiger partial charge in [0, 0.05) is 44.7 Å². The lowest BCUT2D eigenvalue weighted by atomic mass is 10.2. The molecule has 0 saturated carbocycles. The highest BCUT2D eigenvalue weighted by molar-refractivity contribution is 6.60. The zero-order valence-electron chi connectivity index (χ0n) is 14.9. The molecule has 130 valence electrons. The van der Waals surface area contributed by atoms with E-state index in [1.807, 2.05) is 20.8 Å². The van der Waals surface area contributed by atoms with Crippen molar-refractivity contribution in [2.24, 2.45) is 4.99 Å². The Morgan fingerprint density at radius 1 is 1.05 bits per heavy atom. The molecule has 1 saturated heterocycles. The van der Waals surface area contributed by atoms with E-state index in [4.69, 9.17) is 18.3 Å². The highest BCUT2D eigenvalue weighted by Gasteiger charge is 2.39. The Hall–Kier alpha value is -0.273. The van der Waals surface area contributed by atoms with Crippen LogP contribution in [0, 0.1) is 0 Å². The average molecular weight is 331 g/mol. The van der Waals surface area contributed by atoms with E-state index < -0.39 is 8.80 Å². The monoisotopic (exact) mass is 330 g/mol. The van der Waals surface area contributed by atoms with Gasteiger partial charge in [0.15, 0.2) is 0 Å². The molecule has 1 aliphatic rings. The summed E-state index contributed by atoms with van der Waals surface area (Å²) in [5.41, 5.74) is 1.34. The molecule has 1 rings (SSSR count). The van der Waals surface area contributed by atoms with Gasteiger partial charge in [0.05, 0.1) is 0 Å². The van der Waals surface area contributed by atoms with Gasteiger partial charge in [0.1, 0.15) is 0 Å². The zero-order valence-corrected chi connectivity index (χ0v) is 15.9. The van der Waals surface area contributed by atoms with Crippen LogP contribution in [0.25, 0.3) is 0 Å². The van der Waals surface area contributed by atoms with Gasteiger partial charge in [-0.3, -0.25) is 4.99 Å². The second-order valence-electron chi connectivity index (χ2n) is 5.73. The first kappa shape index (κ1) is 19.8. The predicted molar refractivity (Wildman–Crippen MR) is 93.7 cm³/mol. The van der Waals surface area contributed by atoms with Crippen molar-refractivity contribution in [2.75, 3.05) is 46.5 Å². The van der Waals surface area contributed by atoms with Crippen molar-refractivity contribution in [3.8, 4) is 0 Å². The Kier molecular flexibility index (Phi) is 10.1. The summed E-state index contributed by atoms with van der Waals surface area (Å²) in [6, 6.07) is 0.856. The van der Waals surface area contributed by atoms with Crippen molar-refractivity contribution in [3.05, 3.63) is 0 Å². The third-order valence-corrected chi connectivity index (χ3v) is 6.93. The van der Waals surface area contributed by atoms with Crippen LogP contribution in [0.3, 0.4) is 0 Å². The maximum absolute atomic E-state index is 5.88. The highest BCUT2D eigenvalue weighted by Crippen LogP contribution is 2.18. The molecule has 0 atom stereocenters. The van der Waals surface area contributed by atoms with Crippen molar-refractivity contribution in [2.45, 2.75) is 52.5 Å². The van der Waals surface area contributed by atoms with Gasteiger partial charge in [0.2, 0.25) is 0 Å². The van der Waals surface area contributed by atoms with Crippen molar-refractivity contribution < 1.29 is 13.3 Å². The van der Waals surface area contributed by atoms with Gasteiger partial charge in [0.25, 0.3) is 0 Å². The van der Waals surface area contributed by atoms with Crippen LogP contribution in [-0.4, -0.2) is 65.9 Å². The van der Waals surface area contributed by atoms with Crippen LogP contribution in [0.1, 0.15) is 46.5 Å². The molecule has 0 unspecified atom stereocenters. The van der Waals surface area contributed by atoms with Gasteiger partial charge in [-0.05, 0) is 60.0 Å². The van der Waals surface area contributed by atoms with E-state index in [0.717, 1.165) is 32.0 Å². The largest absolute Gasteiger partial charge is 0.500 e. The third-order valence-electron chi connectivity index (χ3n) is 3.78. The first-order valence-electron chi connectivity index (χ1n) is 8.78. The molecule has 0 aliphatic carbocycles. The lowest BCUT2D eigenvalue weighted by Gasteiger charge is -2.28. The first-order chi connectivity index (χ1) is 10.7. The Bertz CT molecular complexity index is 309. The molecule has 1 heterocycles. The molecular formula is C16H34N2O3Si. The summed E-state index contributed by atoms with van der Waals surface area (Å²) in [6.45, 7) is 11.0. The van der Waals surface area contributed by atoms with Gasteiger partial charge in [-0.2, -0.15) is 0 Å². The molecule has 0 aromatic heterocycles. The van der Waals surface area contributed by atoms with Gasteiger partial charge in [-0.15, -0.1) is 0 Å². The zero-order chi connectivity index (χ0) is 16.3. The minimum Gasteiger partial charge on any atom is -0.374 e. The molecule has 0 amide bonds. The molecule has 22 heavy (non-hydrogen) atoms. The topological polar surface area (TPSA) is 43.3 Å². The van der Waals surface area contributed by atoms with Crippen LogP contribution >= 0.6 is 0 Å². The highest BCUT2D eigenvalue weighted by atomic mass is 28.4. The summed E-state index contributed by atoms with van der Waals surface area (Å²) in [7, 11) is -0.307. The average Bonchev–Trinajstić information content (AvgIpc) is 2.69. The lowest BCUT2D eigenvalue weighted by molar-refractivity contribution is 0.0710. The summed E-state index contributed by atoms with van der Waals surface area (Å²) in [5.74, 6) is 0. The van der Waals surface area contributed by atoms with Gasteiger partial charge < -0.3 is 18.2 Å². The van der Waals surface area contributed by atoms with Crippen molar-refractivity contribution >= 4 is 14.5 Å². The van der Waals surface area contributed by atoms with Crippen molar-refractivity contribution in [1.29, 1.82) is 0 Å². The standard InChI is InChI=1S/C16H34N2O3Si/c1-5-19-22(20-6-2,21-7-3)14-10-12-17-16-11-8-9-13-18(4)15-16/h5-15H2,1-4H3. The maximum atomic E-state index is 5.88. The molecule has 6 heteroatoms. The van der Waals surface area contributed by atoms with Crippen LogP contribution in [-0.2, 0) is 13.3 Å². The fourth-order valence-electron chi connectivity index (χ4n) is 2.84. The number of likely N-dealkylation sites (tertiary alicyclic amines) is 1. The van der Waals surface area contributed by atoms with Crippen LogP contribution in [0.4, 0.5) is 0 Å². The number of hydrogen-bond donors (Lipinski definition) is 0. The van der Waals surface area contributed by atoms with Crippen LogP contribution < -0.4 is 0 Å². The van der Waals surface area contributed by atoms with Crippen LogP contribution in [0.2, 0.25) is 6.04 Å². The Balaban J connectivity index is 2.46. The van der Waals surface area contributed by atoms with E-state index in [1.165, 1.54) is 25.1 Å². The third kappa shape index (κ3) is 7.33. The Labute approximate surface area is 137 Å². The quantitative estimate of drug-likeness (QED) is 0.456. The first-order valence-corrected chi connectivity index (χ1v) is 10.7. The number of hydrogen-bond acceptors (Lipinski definition) is 5. The van der Waals surface area contributed by atoms with E-state index in [1.54, 1.807) is 0 Å². The summed E-state index contributed by atoms with van der Waals surface area (Å²) >= 11 is 0. The Morgan fingerprint density at radius 3 is 2.27 bits per heavy atom. The van der Waals surface area contributed by atoms with E-state index in [0.29, 0.717) is 19.8 Å². The predicted octanol–water partition coefficient (Wildman–Crippen LogP) is 2.98. The lowest BCUT2D eigenvalue weighted by Crippen LogP contribution is -2.46. The second kappa shape index (κ2) is 11.3. The Morgan fingerprint density at radius 2 is 1.68 bits per heavy atom. The van der Waals surface area contributed by atoms with E-state index in [9.17, 15) is 0 Å². The van der Waals surface area contributed by atoms with Gasteiger partial charge in [-0.1, -0.05) is 0 Å². The fourth-order valence-corrected chi connectivity index (χ4v) is 5.44. The number of rotatable bonds is 10. The molecule has 0 radical (unpaired) electrons. The minimum atomic E-state index is -2.49. The number of aliphatic imine (C=N–C) groups is 1. The molecule has 0 bridgehead atoms. The van der Waals surface area contributed by atoms with E-state index >= 15 is 0 Å². The molecule has 1 fully saturated rings. The van der Waals surface area contributed by atoms with Crippen molar-refractivity contribution in [1.82, 2.24) is 4.90 Å². The summed E-state index contributed by atoms with van der Waals surface area (Å²) in [4.78, 5) is 7.17. The van der Waals surface area contributed by atoms with Crippen LogP contribution in [0.15, 0.2) is 4.99 Å². The minimum absolute atomic E-state index is 0.644. The summed E-state index contributed by atoms with van der Waals surface area (Å²) in [5, 5.41) is 0. The normalized spacial score (nSPS) is 19.5. The number of nitrogens with zero attached hydrogens (tertiary/aromatic N) is 2. The molecule has 0 aromatic carbocycles. The van der Waals surface area contributed by atoms with E-state index in [-0.39, 0.29) is 0 Å². The smallest absolute Gasteiger partial charge is 0.374 e. The molecule has 0 spiro atoms. The van der Waals surface area contributed by atoms with Crippen LogP contribution in [0.5, 0.6) is 0 Å². The molecule has 1 aliphatic heterocycles. The molecule has 0 aromatic rings. The molecular weight excluding hydrogens is 296 g/mol.